The Balaban J connectivity index is 3.08. The summed E-state index contributed by atoms with van der Waals surface area (Å²) in [6, 6.07) is 3.24. The van der Waals surface area contributed by atoms with E-state index in [1.165, 1.54) is 0 Å². The molecule has 0 aliphatic rings. The minimum atomic E-state index is -1.09. The number of aliphatic carboxylic acids is 1. The fourth-order valence-electron chi connectivity index (χ4n) is 1.42. The highest BCUT2D eigenvalue weighted by atomic mass is 35.5. The predicted octanol–water partition coefficient (Wildman–Crippen LogP) is 1.67. The standard InChI is InChI=1S/C10H12Cl2N2O2/c1-14-9(8(13)10(15)16)6-3-2-5(11)4-7(6)12/h2-4,8-9,14H,13H2,1H3,(H,15,16). The van der Waals surface area contributed by atoms with Gasteiger partial charge in [-0.25, -0.2) is 0 Å². The van der Waals surface area contributed by atoms with E-state index < -0.39 is 18.1 Å². The Morgan fingerprint density at radius 2 is 2.12 bits per heavy atom. The molecule has 16 heavy (non-hydrogen) atoms. The second kappa shape index (κ2) is 5.50. The Morgan fingerprint density at radius 1 is 1.50 bits per heavy atom. The van der Waals surface area contributed by atoms with Gasteiger partial charge in [-0.05, 0) is 24.7 Å². The summed E-state index contributed by atoms with van der Waals surface area (Å²) >= 11 is 11.7. The van der Waals surface area contributed by atoms with Crippen LogP contribution in [0.25, 0.3) is 0 Å². The molecule has 0 aromatic heterocycles. The Labute approximate surface area is 103 Å². The van der Waals surface area contributed by atoms with Crippen molar-refractivity contribution in [1.82, 2.24) is 5.32 Å². The quantitative estimate of drug-likeness (QED) is 0.772. The number of nitrogens with two attached hydrogens (primary N) is 1. The van der Waals surface area contributed by atoms with E-state index in [4.69, 9.17) is 34.0 Å². The van der Waals surface area contributed by atoms with Gasteiger partial charge in [0.2, 0.25) is 0 Å². The molecule has 0 saturated heterocycles. The van der Waals surface area contributed by atoms with E-state index in [-0.39, 0.29) is 0 Å². The number of likely N-dealkylation sites (N-methyl/N-ethyl adjacent to an activating group) is 1. The van der Waals surface area contributed by atoms with Crippen molar-refractivity contribution < 1.29 is 9.90 Å². The molecule has 0 amide bonds. The van der Waals surface area contributed by atoms with E-state index in [9.17, 15) is 4.79 Å². The lowest BCUT2D eigenvalue weighted by Gasteiger charge is -2.21. The molecule has 4 nitrogen and oxygen atoms in total. The molecule has 0 spiro atoms. The minimum absolute atomic E-state index is 0.392. The summed E-state index contributed by atoms with van der Waals surface area (Å²) in [5, 5.41) is 12.6. The third kappa shape index (κ3) is 2.86. The van der Waals surface area contributed by atoms with Crippen LogP contribution in [0.5, 0.6) is 0 Å². The van der Waals surface area contributed by atoms with E-state index in [0.29, 0.717) is 15.6 Å². The first-order valence-corrected chi connectivity index (χ1v) is 5.33. The topological polar surface area (TPSA) is 75.3 Å². The monoisotopic (exact) mass is 262 g/mol. The molecule has 6 heteroatoms. The number of halogens is 2. The van der Waals surface area contributed by atoms with Crippen LogP contribution in [0.1, 0.15) is 11.6 Å². The summed E-state index contributed by atoms with van der Waals surface area (Å²) in [6.45, 7) is 0. The minimum Gasteiger partial charge on any atom is -0.480 e. The smallest absolute Gasteiger partial charge is 0.322 e. The Bertz CT molecular complexity index is 398. The van der Waals surface area contributed by atoms with Crippen LogP contribution in [0.3, 0.4) is 0 Å². The lowest BCUT2D eigenvalue weighted by atomic mass is 10.00. The number of hydrogen-bond donors (Lipinski definition) is 3. The maximum absolute atomic E-state index is 10.8. The van der Waals surface area contributed by atoms with Gasteiger partial charge < -0.3 is 16.2 Å². The normalized spacial score (nSPS) is 14.5. The van der Waals surface area contributed by atoms with E-state index in [1.807, 2.05) is 0 Å². The molecule has 1 aromatic rings. The summed E-state index contributed by atoms with van der Waals surface area (Å²) in [5.74, 6) is -1.09. The fraction of sp³-hybridized carbons (Fsp3) is 0.300. The van der Waals surface area contributed by atoms with Crippen molar-refractivity contribution >= 4 is 29.2 Å². The van der Waals surface area contributed by atoms with Crippen LogP contribution in [0.15, 0.2) is 18.2 Å². The SMILES string of the molecule is CNC(c1ccc(Cl)cc1Cl)C(N)C(=O)O. The molecule has 0 saturated carbocycles. The molecule has 0 aliphatic carbocycles. The van der Waals surface area contributed by atoms with Crippen molar-refractivity contribution in [3.63, 3.8) is 0 Å². The van der Waals surface area contributed by atoms with E-state index in [1.54, 1.807) is 25.2 Å². The number of benzene rings is 1. The second-order valence-electron chi connectivity index (χ2n) is 3.30. The van der Waals surface area contributed by atoms with Crippen LogP contribution in [0, 0.1) is 0 Å². The number of hydrogen-bond acceptors (Lipinski definition) is 3. The van der Waals surface area contributed by atoms with Gasteiger partial charge >= 0.3 is 5.97 Å². The summed E-state index contributed by atoms with van der Waals surface area (Å²) in [7, 11) is 1.62. The van der Waals surface area contributed by atoms with Crippen LogP contribution in [0.2, 0.25) is 10.0 Å². The molecule has 1 aromatic carbocycles. The number of carboxylic acid groups (broad SMARTS) is 1. The van der Waals surface area contributed by atoms with Gasteiger partial charge in [0.1, 0.15) is 6.04 Å². The number of carboxylic acids is 1. The van der Waals surface area contributed by atoms with Crippen molar-refractivity contribution in [2.45, 2.75) is 12.1 Å². The summed E-state index contributed by atoms with van der Waals surface area (Å²) in [5.41, 5.74) is 6.17. The zero-order valence-corrected chi connectivity index (χ0v) is 10.1. The lowest BCUT2D eigenvalue weighted by Crippen LogP contribution is -2.42. The number of rotatable bonds is 4. The van der Waals surface area contributed by atoms with Crippen molar-refractivity contribution in [2.24, 2.45) is 5.73 Å². The van der Waals surface area contributed by atoms with Crippen LogP contribution in [-0.4, -0.2) is 24.2 Å². The highest BCUT2D eigenvalue weighted by molar-refractivity contribution is 6.35. The Hall–Kier alpha value is -0.810. The van der Waals surface area contributed by atoms with Gasteiger partial charge in [0.15, 0.2) is 0 Å². The summed E-state index contributed by atoms with van der Waals surface area (Å²) < 4.78 is 0. The van der Waals surface area contributed by atoms with Crippen molar-refractivity contribution in [3.05, 3.63) is 33.8 Å². The van der Waals surface area contributed by atoms with Crippen molar-refractivity contribution in [2.75, 3.05) is 7.05 Å². The molecule has 4 N–H and O–H groups in total. The van der Waals surface area contributed by atoms with Crippen molar-refractivity contribution in [3.8, 4) is 0 Å². The average Bonchev–Trinajstić information content (AvgIpc) is 2.21. The molecule has 2 atom stereocenters. The number of nitrogens with one attached hydrogen (secondary N) is 1. The maximum atomic E-state index is 10.8. The van der Waals surface area contributed by atoms with Gasteiger partial charge in [0.25, 0.3) is 0 Å². The first-order chi connectivity index (χ1) is 7.47. The zero-order chi connectivity index (χ0) is 12.3. The molecule has 0 fully saturated rings. The van der Waals surface area contributed by atoms with Crippen LogP contribution in [0.4, 0.5) is 0 Å². The first-order valence-electron chi connectivity index (χ1n) is 4.58. The van der Waals surface area contributed by atoms with Gasteiger partial charge in [-0.3, -0.25) is 4.79 Å². The summed E-state index contributed by atoms with van der Waals surface area (Å²) in [4.78, 5) is 10.8. The number of carbonyl (C=O) groups is 1. The molecule has 0 radical (unpaired) electrons. The van der Waals surface area contributed by atoms with E-state index in [2.05, 4.69) is 5.32 Å². The van der Waals surface area contributed by atoms with Crippen LogP contribution < -0.4 is 11.1 Å². The van der Waals surface area contributed by atoms with E-state index >= 15 is 0 Å². The van der Waals surface area contributed by atoms with Gasteiger partial charge in [-0.2, -0.15) is 0 Å². The molecule has 0 aliphatic heterocycles. The first kappa shape index (κ1) is 13.3. The van der Waals surface area contributed by atoms with Crippen LogP contribution >= 0.6 is 23.2 Å². The van der Waals surface area contributed by atoms with Gasteiger partial charge in [-0.15, -0.1) is 0 Å². The zero-order valence-electron chi connectivity index (χ0n) is 8.58. The third-order valence-electron chi connectivity index (χ3n) is 2.25. The largest absolute Gasteiger partial charge is 0.480 e. The predicted molar refractivity (Wildman–Crippen MR) is 63.9 cm³/mol. The summed E-state index contributed by atoms with van der Waals surface area (Å²) in [6.07, 6.45) is 0. The molecule has 2 unspecified atom stereocenters. The Kier molecular flexibility index (Phi) is 4.56. The van der Waals surface area contributed by atoms with Crippen LogP contribution in [-0.2, 0) is 4.79 Å². The van der Waals surface area contributed by atoms with Gasteiger partial charge in [-0.1, -0.05) is 29.3 Å². The second-order valence-corrected chi connectivity index (χ2v) is 4.14. The highest BCUT2D eigenvalue weighted by Crippen LogP contribution is 2.27. The average molecular weight is 263 g/mol. The van der Waals surface area contributed by atoms with E-state index in [0.717, 1.165) is 0 Å². The molecular weight excluding hydrogens is 251 g/mol. The molecule has 88 valence electrons. The third-order valence-corrected chi connectivity index (χ3v) is 2.82. The van der Waals surface area contributed by atoms with Gasteiger partial charge in [0.05, 0.1) is 6.04 Å². The van der Waals surface area contributed by atoms with Crippen molar-refractivity contribution in [1.29, 1.82) is 0 Å². The fourth-order valence-corrected chi connectivity index (χ4v) is 1.95. The molecule has 0 heterocycles. The highest BCUT2D eigenvalue weighted by Gasteiger charge is 2.25. The lowest BCUT2D eigenvalue weighted by molar-refractivity contribution is -0.139. The molecule has 0 bridgehead atoms. The molecule has 1 rings (SSSR count). The Morgan fingerprint density at radius 3 is 2.56 bits per heavy atom. The molecular formula is C10H12Cl2N2O2. The van der Waals surface area contributed by atoms with Gasteiger partial charge in [0, 0.05) is 10.0 Å². The maximum Gasteiger partial charge on any atom is 0.322 e.